The van der Waals surface area contributed by atoms with Crippen molar-refractivity contribution in [1.29, 1.82) is 0 Å². The summed E-state index contributed by atoms with van der Waals surface area (Å²) in [7, 11) is 0. The van der Waals surface area contributed by atoms with Crippen LogP contribution in [0.2, 0.25) is 5.02 Å². The molecule has 0 saturated heterocycles. The predicted molar refractivity (Wildman–Crippen MR) is 154 cm³/mol. The Labute approximate surface area is 241 Å². The van der Waals surface area contributed by atoms with Crippen LogP contribution in [0.1, 0.15) is 37.9 Å². The van der Waals surface area contributed by atoms with Crippen molar-refractivity contribution in [2.75, 3.05) is 23.8 Å². The molecule has 1 unspecified atom stereocenters. The molecule has 1 aliphatic rings. The van der Waals surface area contributed by atoms with Gasteiger partial charge in [-0.3, -0.25) is 4.79 Å². The van der Waals surface area contributed by atoms with E-state index >= 15 is 0 Å². The maximum Gasteiger partial charge on any atom is 0.255 e. The Balaban J connectivity index is 1.50. The molecule has 2 N–H and O–H groups in total. The molecule has 0 fully saturated rings. The van der Waals surface area contributed by atoms with Gasteiger partial charge >= 0.3 is 0 Å². The van der Waals surface area contributed by atoms with Gasteiger partial charge in [0.2, 0.25) is 5.95 Å². The predicted octanol–water partition coefficient (Wildman–Crippen LogP) is 6.37. The SMILES string of the molecule is CCOc1ccccc1NC(=O)C1=C(C)Nc2ncnn2C1c1ccc(OCc2c(F)cccc2Cl)c(OCC)c1. The summed E-state index contributed by atoms with van der Waals surface area (Å²) in [6, 6.07) is 16.4. The summed E-state index contributed by atoms with van der Waals surface area (Å²) in [6.07, 6.45) is 1.42. The number of rotatable bonds is 10. The Bertz CT molecular complexity index is 1590. The van der Waals surface area contributed by atoms with Gasteiger partial charge in [-0.25, -0.2) is 9.07 Å². The molecule has 0 bridgehead atoms. The third kappa shape index (κ3) is 5.83. The van der Waals surface area contributed by atoms with Gasteiger partial charge in [-0.2, -0.15) is 10.1 Å². The molecule has 1 aromatic heterocycles. The number of fused-ring (bicyclic) bond motifs is 1. The second-order valence-corrected chi connectivity index (χ2v) is 9.51. The van der Waals surface area contributed by atoms with Gasteiger partial charge in [0, 0.05) is 11.3 Å². The summed E-state index contributed by atoms with van der Waals surface area (Å²) in [5, 5.41) is 10.8. The van der Waals surface area contributed by atoms with Crippen LogP contribution >= 0.6 is 11.6 Å². The highest BCUT2D eigenvalue weighted by Crippen LogP contribution is 2.40. The fraction of sp³-hybridized carbons (Fsp3) is 0.233. The van der Waals surface area contributed by atoms with Crippen molar-refractivity contribution in [3.05, 3.63) is 100 Å². The van der Waals surface area contributed by atoms with Crippen LogP contribution in [0.15, 0.2) is 78.3 Å². The van der Waals surface area contributed by atoms with E-state index in [0.29, 0.717) is 58.9 Å². The number of nitrogens with zero attached hydrogens (tertiary/aromatic N) is 3. The van der Waals surface area contributed by atoms with E-state index in [1.807, 2.05) is 39.0 Å². The number of ether oxygens (including phenoxy) is 3. The smallest absolute Gasteiger partial charge is 0.255 e. The zero-order valence-electron chi connectivity index (χ0n) is 22.8. The number of allylic oxidation sites excluding steroid dienone is 1. The van der Waals surface area contributed by atoms with E-state index in [4.69, 9.17) is 25.8 Å². The number of carbonyl (C=O) groups is 1. The minimum absolute atomic E-state index is 0.0859. The number of aromatic nitrogens is 3. The molecule has 1 aliphatic heterocycles. The second-order valence-electron chi connectivity index (χ2n) is 9.11. The molecule has 0 saturated carbocycles. The van der Waals surface area contributed by atoms with Crippen molar-refractivity contribution < 1.29 is 23.4 Å². The molecule has 3 aromatic carbocycles. The van der Waals surface area contributed by atoms with Gasteiger partial charge in [0.15, 0.2) is 11.5 Å². The first-order valence-corrected chi connectivity index (χ1v) is 13.5. The summed E-state index contributed by atoms with van der Waals surface area (Å²) in [4.78, 5) is 18.1. The number of hydrogen-bond acceptors (Lipinski definition) is 7. The van der Waals surface area contributed by atoms with Crippen LogP contribution in [0.4, 0.5) is 16.0 Å². The first-order chi connectivity index (χ1) is 19.9. The Morgan fingerprint density at radius 2 is 1.80 bits per heavy atom. The largest absolute Gasteiger partial charge is 0.492 e. The van der Waals surface area contributed by atoms with E-state index in [1.54, 1.807) is 35.0 Å². The van der Waals surface area contributed by atoms with Gasteiger partial charge < -0.3 is 24.8 Å². The second kappa shape index (κ2) is 12.3. The summed E-state index contributed by atoms with van der Waals surface area (Å²) in [6.45, 7) is 6.28. The van der Waals surface area contributed by atoms with Gasteiger partial charge in [0.1, 0.15) is 30.5 Å². The van der Waals surface area contributed by atoms with E-state index in [0.717, 1.165) is 0 Å². The lowest BCUT2D eigenvalue weighted by Crippen LogP contribution is -2.31. The molecule has 0 aliphatic carbocycles. The minimum atomic E-state index is -0.637. The molecule has 11 heteroatoms. The number of halogens is 2. The molecule has 4 aromatic rings. The van der Waals surface area contributed by atoms with Crippen LogP contribution in [0.3, 0.4) is 0 Å². The van der Waals surface area contributed by atoms with Crippen LogP contribution in [0, 0.1) is 5.82 Å². The van der Waals surface area contributed by atoms with E-state index in [-0.39, 0.29) is 23.1 Å². The van der Waals surface area contributed by atoms with Crippen molar-refractivity contribution in [1.82, 2.24) is 14.8 Å². The van der Waals surface area contributed by atoms with Crippen molar-refractivity contribution in [2.24, 2.45) is 0 Å². The Hall–Kier alpha value is -4.57. The van der Waals surface area contributed by atoms with E-state index in [2.05, 4.69) is 20.7 Å². The number of carbonyl (C=O) groups excluding carboxylic acids is 1. The van der Waals surface area contributed by atoms with Crippen molar-refractivity contribution in [3.8, 4) is 17.2 Å². The average Bonchev–Trinajstić information content (AvgIpc) is 3.42. The Kier molecular flexibility index (Phi) is 8.39. The van der Waals surface area contributed by atoms with Crippen molar-refractivity contribution in [2.45, 2.75) is 33.4 Å². The van der Waals surface area contributed by atoms with Crippen LogP contribution in [0.25, 0.3) is 0 Å². The molecule has 9 nitrogen and oxygen atoms in total. The number of hydrogen-bond donors (Lipinski definition) is 2. The van der Waals surface area contributed by atoms with Crippen molar-refractivity contribution in [3.63, 3.8) is 0 Å². The van der Waals surface area contributed by atoms with Crippen LogP contribution in [-0.4, -0.2) is 33.9 Å². The topological polar surface area (TPSA) is 99.5 Å². The highest BCUT2D eigenvalue weighted by Gasteiger charge is 2.34. The van der Waals surface area contributed by atoms with Crippen LogP contribution in [-0.2, 0) is 11.4 Å². The molecular formula is C30H29ClFN5O4. The number of benzene rings is 3. The molecule has 212 valence electrons. The highest BCUT2D eigenvalue weighted by atomic mass is 35.5. The summed E-state index contributed by atoms with van der Waals surface area (Å²) >= 11 is 6.18. The Morgan fingerprint density at radius 3 is 2.59 bits per heavy atom. The van der Waals surface area contributed by atoms with Crippen molar-refractivity contribution >= 4 is 29.1 Å². The summed E-state index contributed by atoms with van der Waals surface area (Å²) < 4.78 is 33.5. The lowest BCUT2D eigenvalue weighted by Gasteiger charge is -2.29. The highest BCUT2D eigenvalue weighted by molar-refractivity contribution is 6.31. The summed E-state index contributed by atoms with van der Waals surface area (Å²) in [5.74, 6) is 1.10. The average molecular weight is 578 g/mol. The van der Waals surface area contributed by atoms with Gasteiger partial charge in [-0.1, -0.05) is 35.9 Å². The van der Waals surface area contributed by atoms with E-state index in [1.165, 1.54) is 18.5 Å². The molecule has 0 radical (unpaired) electrons. The fourth-order valence-electron chi connectivity index (χ4n) is 4.64. The molecule has 41 heavy (non-hydrogen) atoms. The molecule has 1 amide bonds. The number of anilines is 2. The third-order valence-corrected chi connectivity index (χ3v) is 6.85. The molecule has 2 heterocycles. The van der Waals surface area contributed by atoms with E-state index in [9.17, 15) is 9.18 Å². The quantitative estimate of drug-likeness (QED) is 0.226. The monoisotopic (exact) mass is 577 g/mol. The first kappa shape index (κ1) is 28.0. The number of para-hydroxylation sites is 2. The molecule has 0 spiro atoms. The fourth-order valence-corrected chi connectivity index (χ4v) is 4.85. The lowest BCUT2D eigenvalue weighted by molar-refractivity contribution is -0.113. The molecule has 1 atom stereocenters. The summed E-state index contributed by atoms with van der Waals surface area (Å²) in [5.41, 5.74) is 2.56. The first-order valence-electron chi connectivity index (χ1n) is 13.1. The van der Waals surface area contributed by atoms with Gasteiger partial charge in [-0.15, -0.1) is 0 Å². The Morgan fingerprint density at radius 1 is 1.02 bits per heavy atom. The standard InChI is InChI=1S/C30H29ClFN5O4/c1-4-39-24-12-7-6-11-23(24)36-29(38)27-18(3)35-30-33-17-34-37(30)28(27)19-13-14-25(26(15-19)40-5-2)41-16-20-21(31)9-8-10-22(20)32/h6-15,17,28H,4-5,16H2,1-3H3,(H,36,38)(H,33,34,35). The van der Waals surface area contributed by atoms with Crippen LogP contribution < -0.4 is 24.8 Å². The molecule has 5 rings (SSSR count). The maximum absolute atomic E-state index is 14.3. The van der Waals surface area contributed by atoms with E-state index < -0.39 is 11.9 Å². The van der Waals surface area contributed by atoms with Crippen LogP contribution in [0.5, 0.6) is 17.2 Å². The normalized spacial score (nSPS) is 14.2. The number of amides is 1. The third-order valence-electron chi connectivity index (χ3n) is 6.49. The maximum atomic E-state index is 14.3. The zero-order valence-corrected chi connectivity index (χ0v) is 23.5. The van der Waals surface area contributed by atoms with Gasteiger partial charge in [0.05, 0.1) is 29.5 Å². The zero-order chi connectivity index (χ0) is 28.9. The minimum Gasteiger partial charge on any atom is -0.492 e. The lowest BCUT2D eigenvalue weighted by atomic mass is 9.94. The van der Waals surface area contributed by atoms with Gasteiger partial charge in [-0.05, 0) is 62.7 Å². The number of nitrogens with one attached hydrogen (secondary N) is 2. The van der Waals surface area contributed by atoms with Gasteiger partial charge in [0.25, 0.3) is 5.91 Å². The molecular weight excluding hydrogens is 549 g/mol.